The van der Waals surface area contributed by atoms with Crippen LogP contribution in [0, 0.1) is 6.92 Å². The number of aromatic nitrogens is 2. The van der Waals surface area contributed by atoms with Gasteiger partial charge in [-0.15, -0.1) is 11.3 Å². The van der Waals surface area contributed by atoms with E-state index in [1.165, 1.54) is 26.5 Å². The number of aryl methyl sites for hydroxylation is 1. The smallest absolute Gasteiger partial charge is 0.263 e. The Kier molecular flexibility index (Phi) is 6.47. The fraction of sp³-hybridized carbons (Fsp3) is 0.650. The van der Waals surface area contributed by atoms with E-state index in [9.17, 15) is 18.0 Å². The number of piperazine rings is 1. The predicted molar refractivity (Wildman–Crippen MR) is 120 cm³/mol. The van der Waals surface area contributed by atoms with E-state index in [0.29, 0.717) is 35.9 Å². The average Bonchev–Trinajstić information content (AvgIpc) is 3.13. The fourth-order valence-corrected chi connectivity index (χ4v) is 7.51. The van der Waals surface area contributed by atoms with Gasteiger partial charge in [-0.1, -0.05) is 13.3 Å². The molecule has 0 spiro atoms. The van der Waals surface area contributed by atoms with Crippen LogP contribution in [0.5, 0.6) is 0 Å². The highest BCUT2D eigenvalue weighted by molar-refractivity contribution is 7.89. The van der Waals surface area contributed by atoms with Crippen molar-refractivity contribution in [2.24, 2.45) is 0 Å². The van der Waals surface area contributed by atoms with Crippen LogP contribution >= 0.6 is 11.3 Å². The van der Waals surface area contributed by atoms with Crippen molar-refractivity contribution in [2.75, 3.05) is 45.8 Å². The first-order chi connectivity index (χ1) is 14.8. The number of hydrogen-bond acceptors (Lipinski definition) is 7. The number of hydrogen-bond donors (Lipinski definition) is 0. The maximum atomic E-state index is 13.4. The van der Waals surface area contributed by atoms with Crippen LogP contribution in [0.15, 0.2) is 16.0 Å². The van der Waals surface area contributed by atoms with Crippen LogP contribution in [-0.2, 0) is 21.4 Å². The molecule has 0 aliphatic carbocycles. The van der Waals surface area contributed by atoms with Gasteiger partial charge in [-0.3, -0.25) is 14.2 Å². The lowest BCUT2D eigenvalue weighted by molar-refractivity contribution is -0.133. The quantitative estimate of drug-likeness (QED) is 0.654. The Morgan fingerprint density at radius 3 is 2.42 bits per heavy atom. The topological polar surface area (TPSA) is 95.8 Å². The summed E-state index contributed by atoms with van der Waals surface area (Å²) in [7, 11) is -3.78. The van der Waals surface area contributed by atoms with E-state index in [2.05, 4.69) is 16.8 Å². The molecular formula is C20H29N5O4S2. The van der Waals surface area contributed by atoms with E-state index in [1.54, 1.807) is 11.8 Å². The Morgan fingerprint density at radius 1 is 1.10 bits per heavy atom. The minimum absolute atomic E-state index is 0.0604. The highest BCUT2D eigenvalue weighted by Crippen LogP contribution is 2.33. The Balaban J connectivity index is 1.65. The molecule has 9 nitrogen and oxygen atoms in total. The molecule has 2 aromatic heterocycles. The van der Waals surface area contributed by atoms with Gasteiger partial charge in [0, 0.05) is 44.1 Å². The number of likely N-dealkylation sites (N-methyl/N-ethyl adjacent to an activating group) is 1. The van der Waals surface area contributed by atoms with Crippen molar-refractivity contribution in [3.05, 3.63) is 21.6 Å². The third-order valence-corrected chi connectivity index (χ3v) is 9.40. The third-order valence-electron chi connectivity index (χ3n) is 6.19. The highest BCUT2D eigenvalue weighted by Gasteiger charge is 2.32. The standard InChI is InChI=1S/C20H29N5O4S2/c1-3-22-9-11-23(12-10-22)16(26)13-24-14-21-19-17(20(24)27)18(15(2)30-19)31(28,29)25-7-5-4-6-8-25/h14H,3-13H2,1-2H3. The van der Waals surface area contributed by atoms with Gasteiger partial charge in [0.2, 0.25) is 15.9 Å². The van der Waals surface area contributed by atoms with Crippen molar-refractivity contribution < 1.29 is 13.2 Å². The first-order valence-corrected chi connectivity index (χ1v) is 13.1. The van der Waals surface area contributed by atoms with Crippen LogP contribution in [0.1, 0.15) is 31.1 Å². The molecule has 2 aromatic rings. The summed E-state index contributed by atoms with van der Waals surface area (Å²) in [4.78, 5) is 35.4. The van der Waals surface area contributed by atoms with Crippen LogP contribution < -0.4 is 5.56 Å². The average molecular weight is 468 g/mol. The molecule has 0 radical (unpaired) electrons. The van der Waals surface area contributed by atoms with Crippen LogP contribution in [0.25, 0.3) is 10.2 Å². The number of piperidine rings is 1. The van der Waals surface area contributed by atoms with E-state index in [1.807, 2.05) is 0 Å². The second-order valence-electron chi connectivity index (χ2n) is 8.12. The number of carbonyl (C=O) groups is 1. The van der Waals surface area contributed by atoms with Crippen LogP contribution in [-0.4, -0.2) is 83.8 Å². The van der Waals surface area contributed by atoms with Gasteiger partial charge < -0.3 is 9.80 Å². The van der Waals surface area contributed by atoms with Gasteiger partial charge in [-0.05, 0) is 26.3 Å². The number of rotatable bonds is 5. The number of sulfonamides is 1. The molecule has 2 aliphatic heterocycles. The van der Waals surface area contributed by atoms with E-state index >= 15 is 0 Å². The van der Waals surface area contributed by atoms with Crippen LogP contribution in [0.4, 0.5) is 0 Å². The summed E-state index contributed by atoms with van der Waals surface area (Å²) in [5, 5.41) is 0.110. The lowest BCUT2D eigenvalue weighted by Crippen LogP contribution is -2.49. The number of carbonyl (C=O) groups excluding carboxylic acids is 1. The van der Waals surface area contributed by atoms with E-state index < -0.39 is 15.6 Å². The van der Waals surface area contributed by atoms with Gasteiger partial charge in [0.15, 0.2) is 0 Å². The summed E-state index contributed by atoms with van der Waals surface area (Å²) in [6.45, 7) is 8.45. The molecule has 0 N–H and O–H groups in total. The summed E-state index contributed by atoms with van der Waals surface area (Å²) in [6.07, 6.45) is 4.02. The second-order valence-corrected chi connectivity index (χ2v) is 11.2. The number of nitrogens with zero attached hydrogens (tertiary/aromatic N) is 5. The van der Waals surface area contributed by atoms with Crippen LogP contribution in [0.3, 0.4) is 0 Å². The molecule has 2 fully saturated rings. The van der Waals surface area contributed by atoms with Gasteiger partial charge >= 0.3 is 0 Å². The summed E-state index contributed by atoms with van der Waals surface area (Å²) in [5.74, 6) is -0.147. The maximum absolute atomic E-state index is 13.4. The van der Waals surface area contributed by atoms with Crippen molar-refractivity contribution >= 4 is 37.5 Å². The molecule has 0 bridgehead atoms. The van der Waals surface area contributed by atoms with Gasteiger partial charge in [0.1, 0.15) is 16.3 Å². The molecule has 2 aliphatic rings. The van der Waals surface area contributed by atoms with Crippen molar-refractivity contribution in [2.45, 2.75) is 44.6 Å². The molecule has 0 aromatic carbocycles. The Bertz CT molecular complexity index is 1130. The van der Waals surface area contributed by atoms with Gasteiger partial charge in [-0.2, -0.15) is 4.31 Å². The SMILES string of the molecule is CCN1CCN(C(=O)Cn2cnc3sc(C)c(S(=O)(=O)N4CCCCC4)c3c2=O)CC1. The molecule has 4 heterocycles. The Morgan fingerprint density at radius 2 is 1.77 bits per heavy atom. The Hall–Kier alpha value is -1.82. The number of amides is 1. The van der Waals surface area contributed by atoms with Gasteiger partial charge in [0.25, 0.3) is 5.56 Å². The molecule has 0 atom stereocenters. The minimum Gasteiger partial charge on any atom is -0.339 e. The normalized spacial score (nSPS) is 19.2. The Labute approximate surface area is 186 Å². The summed E-state index contributed by atoms with van der Waals surface area (Å²) < 4.78 is 29.4. The molecule has 0 unspecified atom stereocenters. The number of fused-ring (bicyclic) bond motifs is 1. The van der Waals surface area contributed by atoms with Crippen molar-refractivity contribution in [3.8, 4) is 0 Å². The van der Waals surface area contributed by atoms with E-state index in [-0.39, 0.29) is 22.7 Å². The molecule has 0 saturated carbocycles. The summed E-state index contributed by atoms with van der Waals surface area (Å²) in [6, 6.07) is 0. The molecule has 11 heteroatoms. The molecule has 170 valence electrons. The lowest BCUT2D eigenvalue weighted by Gasteiger charge is -2.34. The monoisotopic (exact) mass is 467 g/mol. The largest absolute Gasteiger partial charge is 0.339 e. The van der Waals surface area contributed by atoms with Crippen molar-refractivity contribution in [1.29, 1.82) is 0 Å². The second kappa shape index (κ2) is 8.97. The van der Waals surface area contributed by atoms with Crippen LogP contribution in [0.2, 0.25) is 0 Å². The van der Waals surface area contributed by atoms with Gasteiger partial charge in [-0.25, -0.2) is 13.4 Å². The third kappa shape index (κ3) is 4.28. The van der Waals surface area contributed by atoms with Gasteiger partial charge in [0.05, 0.1) is 11.7 Å². The summed E-state index contributed by atoms with van der Waals surface area (Å²) in [5.41, 5.74) is -0.467. The zero-order valence-corrected chi connectivity index (χ0v) is 19.7. The fourth-order valence-electron chi connectivity index (χ4n) is 4.33. The zero-order chi connectivity index (χ0) is 22.2. The zero-order valence-electron chi connectivity index (χ0n) is 18.0. The first kappa shape index (κ1) is 22.4. The first-order valence-electron chi connectivity index (χ1n) is 10.8. The van der Waals surface area contributed by atoms with Crippen molar-refractivity contribution in [3.63, 3.8) is 0 Å². The maximum Gasteiger partial charge on any atom is 0.263 e. The molecule has 1 amide bonds. The van der Waals surface area contributed by atoms with E-state index in [4.69, 9.17) is 0 Å². The molecule has 2 saturated heterocycles. The number of thiophene rings is 1. The highest BCUT2D eigenvalue weighted by atomic mass is 32.2. The van der Waals surface area contributed by atoms with E-state index in [0.717, 1.165) is 38.9 Å². The molecule has 4 rings (SSSR count). The minimum atomic E-state index is -3.78. The summed E-state index contributed by atoms with van der Waals surface area (Å²) >= 11 is 1.21. The lowest BCUT2D eigenvalue weighted by atomic mass is 10.2. The van der Waals surface area contributed by atoms with Crippen molar-refractivity contribution in [1.82, 2.24) is 23.7 Å². The molecule has 31 heavy (non-hydrogen) atoms. The molecular weight excluding hydrogens is 438 g/mol. The predicted octanol–water partition coefficient (Wildman–Crippen LogP) is 1.11.